The third-order valence-electron chi connectivity index (χ3n) is 2.64. The fourth-order valence-electron chi connectivity index (χ4n) is 1.71. The molecule has 2 rings (SSSR count). The van der Waals surface area contributed by atoms with E-state index >= 15 is 0 Å². The molecule has 0 bridgehead atoms. The lowest BCUT2D eigenvalue weighted by Crippen LogP contribution is -2.28. The number of hydrogen-bond acceptors (Lipinski definition) is 4. The number of hydrogen-bond donors (Lipinski definition) is 1. The molecular weight excluding hydrogens is 408 g/mol. The van der Waals surface area contributed by atoms with E-state index in [1.807, 2.05) is 0 Å². The second-order valence-electron chi connectivity index (χ2n) is 4.38. The Hall–Kier alpha value is 0.280. The van der Waals surface area contributed by atoms with Crippen molar-refractivity contribution in [3.63, 3.8) is 0 Å². The molecule has 0 saturated heterocycles. The second-order valence-corrected chi connectivity index (χ2v) is 8.20. The van der Waals surface area contributed by atoms with Crippen molar-refractivity contribution < 1.29 is 0 Å². The van der Waals surface area contributed by atoms with Crippen molar-refractivity contribution in [3.05, 3.63) is 41.6 Å². The first-order valence-electron chi connectivity index (χ1n) is 5.98. The third kappa shape index (κ3) is 5.65. The lowest BCUT2D eigenvalue weighted by molar-refractivity contribution is 0.327. The maximum Gasteiger partial charge on any atom is 0.0325 e. The molecule has 2 nitrogen and oxygen atoms in total. The molecule has 0 aliphatic carbocycles. The highest BCUT2D eigenvalue weighted by molar-refractivity contribution is 9.10. The van der Waals surface area contributed by atoms with Crippen molar-refractivity contribution in [1.82, 2.24) is 10.2 Å². The summed E-state index contributed by atoms with van der Waals surface area (Å²) in [6.45, 7) is 4.04. The van der Waals surface area contributed by atoms with Crippen molar-refractivity contribution in [2.24, 2.45) is 0 Å². The van der Waals surface area contributed by atoms with Crippen LogP contribution in [0, 0.1) is 0 Å². The Labute approximate surface area is 139 Å². The molecule has 1 N–H and O–H groups in total. The van der Waals surface area contributed by atoms with Crippen LogP contribution in [0.25, 0.3) is 0 Å². The second kappa shape index (κ2) is 7.90. The van der Waals surface area contributed by atoms with Crippen LogP contribution in [0.15, 0.2) is 31.8 Å². The van der Waals surface area contributed by atoms with Gasteiger partial charge in [0.15, 0.2) is 0 Å². The summed E-state index contributed by atoms with van der Waals surface area (Å²) in [5.74, 6) is 0. The first kappa shape index (κ1) is 15.7. The van der Waals surface area contributed by atoms with Crippen LogP contribution in [-0.4, -0.2) is 25.0 Å². The predicted molar refractivity (Wildman–Crippen MR) is 92.1 cm³/mol. The Kier molecular flexibility index (Phi) is 6.52. The van der Waals surface area contributed by atoms with Crippen molar-refractivity contribution in [2.75, 3.05) is 20.1 Å². The summed E-state index contributed by atoms with van der Waals surface area (Å²) < 4.78 is 2.36. The molecular formula is C13H16Br2N2S2. The monoisotopic (exact) mass is 422 g/mol. The number of rotatable bonds is 7. The summed E-state index contributed by atoms with van der Waals surface area (Å²) >= 11 is 10.6. The SMILES string of the molecule is CN(CCNCc1cc(Br)cs1)Cc1cc(Br)cs1. The van der Waals surface area contributed by atoms with Crippen molar-refractivity contribution in [2.45, 2.75) is 13.1 Å². The molecule has 19 heavy (non-hydrogen) atoms. The zero-order valence-corrected chi connectivity index (χ0v) is 15.5. The van der Waals surface area contributed by atoms with Gasteiger partial charge in [0, 0.05) is 55.6 Å². The van der Waals surface area contributed by atoms with Gasteiger partial charge in [0.1, 0.15) is 0 Å². The van der Waals surface area contributed by atoms with Crippen molar-refractivity contribution in [3.8, 4) is 0 Å². The summed E-state index contributed by atoms with van der Waals surface area (Å²) in [6.07, 6.45) is 0. The number of nitrogens with one attached hydrogen (secondary N) is 1. The largest absolute Gasteiger partial charge is 0.311 e. The molecule has 2 heterocycles. The molecule has 0 radical (unpaired) electrons. The Morgan fingerprint density at radius 2 is 1.74 bits per heavy atom. The molecule has 104 valence electrons. The van der Waals surface area contributed by atoms with Gasteiger partial charge in [-0.2, -0.15) is 0 Å². The Morgan fingerprint density at radius 1 is 1.11 bits per heavy atom. The highest BCUT2D eigenvalue weighted by Crippen LogP contribution is 2.21. The highest BCUT2D eigenvalue weighted by Gasteiger charge is 2.03. The quantitative estimate of drug-likeness (QED) is 0.656. The normalized spacial score (nSPS) is 11.4. The topological polar surface area (TPSA) is 15.3 Å². The number of nitrogens with zero attached hydrogens (tertiary/aromatic N) is 1. The average Bonchev–Trinajstić information content (AvgIpc) is 2.94. The van der Waals surface area contributed by atoms with Crippen LogP contribution in [0.1, 0.15) is 9.75 Å². The molecule has 2 aromatic heterocycles. The summed E-state index contributed by atoms with van der Waals surface area (Å²) in [5.41, 5.74) is 0. The molecule has 0 aromatic carbocycles. The minimum Gasteiger partial charge on any atom is -0.311 e. The van der Waals surface area contributed by atoms with Gasteiger partial charge < -0.3 is 10.2 Å². The van der Waals surface area contributed by atoms with Gasteiger partial charge in [0.25, 0.3) is 0 Å². The van der Waals surface area contributed by atoms with Gasteiger partial charge in [0.2, 0.25) is 0 Å². The van der Waals surface area contributed by atoms with Gasteiger partial charge in [-0.15, -0.1) is 22.7 Å². The fraction of sp³-hybridized carbons (Fsp3) is 0.385. The zero-order valence-electron chi connectivity index (χ0n) is 10.7. The standard InChI is InChI=1S/C13H16Br2N2S2/c1-17(7-13-5-11(15)9-19-13)3-2-16-6-12-4-10(14)8-18-12/h4-5,8-9,16H,2-3,6-7H2,1H3. The molecule has 0 aliphatic heterocycles. The van der Waals surface area contributed by atoms with E-state index in [1.54, 1.807) is 22.7 Å². The van der Waals surface area contributed by atoms with E-state index in [4.69, 9.17) is 0 Å². The summed E-state index contributed by atoms with van der Waals surface area (Å²) in [6, 6.07) is 4.36. The molecule has 0 spiro atoms. The van der Waals surface area contributed by atoms with Gasteiger partial charge in [-0.3, -0.25) is 0 Å². The fourth-order valence-corrected chi connectivity index (χ4v) is 4.66. The zero-order chi connectivity index (χ0) is 13.7. The molecule has 0 amide bonds. The lowest BCUT2D eigenvalue weighted by Gasteiger charge is -2.15. The van der Waals surface area contributed by atoms with Crippen LogP contribution in [0.4, 0.5) is 0 Å². The molecule has 0 atom stereocenters. The van der Waals surface area contributed by atoms with Crippen molar-refractivity contribution in [1.29, 1.82) is 0 Å². The Balaban J connectivity index is 1.62. The van der Waals surface area contributed by atoms with Gasteiger partial charge in [-0.25, -0.2) is 0 Å². The number of halogens is 2. The first-order valence-corrected chi connectivity index (χ1v) is 9.33. The summed E-state index contributed by atoms with van der Waals surface area (Å²) in [7, 11) is 2.16. The molecule has 0 saturated carbocycles. The van der Waals surface area contributed by atoms with E-state index in [0.717, 1.165) is 26.2 Å². The first-order chi connectivity index (χ1) is 9.13. The molecule has 2 aromatic rings. The highest BCUT2D eigenvalue weighted by atomic mass is 79.9. The average molecular weight is 424 g/mol. The van der Waals surface area contributed by atoms with E-state index in [9.17, 15) is 0 Å². The van der Waals surface area contributed by atoms with Crippen LogP contribution >= 0.6 is 54.5 Å². The Bertz CT molecular complexity index is 510. The number of thiophene rings is 2. The van der Waals surface area contributed by atoms with Gasteiger partial charge in [0.05, 0.1) is 0 Å². The van der Waals surface area contributed by atoms with E-state index in [1.165, 1.54) is 18.7 Å². The van der Waals surface area contributed by atoms with E-state index in [2.05, 4.69) is 72.0 Å². The summed E-state index contributed by atoms with van der Waals surface area (Å²) in [5, 5.41) is 7.74. The van der Waals surface area contributed by atoms with E-state index in [0.29, 0.717) is 0 Å². The van der Waals surface area contributed by atoms with Crippen LogP contribution in [0.2, 0.25) is 0 Å². The predicted octanol–water partition coefficient (Wildman–Crippen LogP) is 4.56. The summed E-state index contributed by atoms with van der Waals surface area (Å²) in [4.78, 5) is 5.11. The minimum absolute atomic E-state index is 0.953. The van der Waals surface area contributed by atoms with Gasteiger partial charge in [-0.1, -0.05) is 0 Å². The maximum atomic E-state index is 3.49. The van der Waals surface area contributed by atoms with Gasteiger partial charge in [-0.05, 0) is 51.0 Å². The minimum atomic E-state index is 0.953. The lowest BCUT2D eigenvalue weighted by atomic mass is 10.4. The molecule has 6 heteroatoms. The van der Waals surface area contributed by atoms with Crippen LogP contribution in [-0.2, 0) is 13.1 Å². The van der Waals surface area contributed by atoms with Gasteiger partial charge >= 0.3 is 0 Å². The van der Waals surface area contributed by atoms with E-state index in [-0.39, 0.29) is 0 Å². The van der Waals surface area contributed by atoms with Crippen LogP contribution < -0.4 is 5.32 Å². The maximum absolute atomic E-state index is 3.49. The molecule has 0 fully saturated rings. The van der Waals surface area contributed by atoms with Crippen molar-refractivity contribution >= 4 is 54.5 Å². The van der Waals surface area contributed by atoms with Crippen LogP contribution in [0.3, 0.4) is 0 Å². The Morgan fingerprint density at radius 3 is 2.32 bits per heavy atom. The van der Waals surface area contributed by atoms with E-state index < -0.39 is 0 Å². The molecule has 0 aliphatic rings. The number of likely N-dealkylation sites (N-methyl/N-ethyl adjacent to an activating group) is 1. The smallest absolute Gasteiger partial charge is 0.0325 e. The van der Waals surface area contributed by atoms with Crippen LogP contribution in [0.5, 0.6) is 0 Å². The third-order valence-corrected chi connectivity index (χ3v) is 6.02. The molecule has 0 unspecified atom stereocenters.